The molecule has 1 atom stereocenters. The molecule has 2 aromatic carbocycles. The molecule has 0 aromatic heterocycles. The molecule has 0 spiro atoms. The molecule has 0 heterocycles. The van der Waals surface area contributed by atoms with Gasteiger partial charge in [-0.25, -0.2) is 4.79 Å². The fourth-order valence-corrected chi connectivity index (χ4v) is 2.08. The number of carbonyl (C=O) groups excluding carboxylic acids is 2. The fourth-order valence-electron chi connectivity index (χ4n) is 2.08. The Hall–Kier alpha value is -3.03. The molecule has 1 amide bonds. The second kappa shape index (κ2) is 7.90. The van der Waals surface area contributed by atoms with Gasteiger partial charge in [0.15, 0.2) is 6.10 Å². The first-order valence-corrected chi connectivity index (χ1v) is 7.54. The largest absolute Gasteiger partial charge is 0.497 e. The molecule has 2 rings (SSSR count). The lowest BCUT2D eigenvalue weighted by Crippen LogP contribution is -2.30. The molecular formula is C18H16F3NO4. The van der Waals surface area contributed by atoms with Crippen LogP contribution >= 0.6 is 0 Å². The number of rotatable bonds is 5. The van der Waals surface area contributed by atoms with Crippen molar-refractivity contribution in [2.75, 3.05) is 12.4 Å². The number of para-hydroxylation sites is 1. The van der Waals surface area contributed by atoms with Crippen molar-refractivity contribution < 1.29 is 32.2 Å². The number of nitrogens with one attached hydrogen (secondary N) is 1. The van der Waals surface area contributed by atoms with E-state index in [1.54, 1.807) is 12.1 Å². The van der Waals surface area contributed by atoms with Crippen LogP contribution in [0, 0.1) is 0 Å². The van der Waals surface area contributed by atoms with Crippen LogP contribution in [-0.2, 0) is 15.7 Å². The van der Waals surface area contributed by atoms with E-state index in [0.29, 0.717) is 5.75 Å². The molecule has 138 valence electrons. The fraction of sp³-hybridized carbons (Fsp3) is 0.222. The number of carbonyl (C=O) groups is 2. The van der Waals surface area contributed by atoms with Crippen molar-refractivity contribution >= 4 is 17.6 Å². The van der Waals surface area contributed by atoms with Crippen LogP contribution in [0.4, 0.5) is 18.9 Å². The van der Waals surface area contributed by atoms with E-state index in [2.05, 4.69) is 5.32 Å². The molecule has 26 heavy (non-hydrogen) atoms. The molecule has 0 bridgehead atoms. The zero-order chi connectivity index (χ0) is 19.3. The number of amides is 1. The summed E-state index contributed by atoms with van der Waals surface area (Å²) >= 11 is 0. The van der Waals surface area contributed by atoms with E-state index in [1.807, 2.05) is 0 Å². The Balaban J connectivity index is 2.05. The standard InChI is InChI=1S/C18H16F3NO4/c1-11(26-17(24)12-7-9-13(25-2)10-8-12)16(23)22-15-6-4-3-5-14(15)18(19,20)21/h3-11H,1-2H3,(H,22,23)/t11-/m0/s1. The number of hydrogen-bond acceptors (Lipinski definition) is 4. The van der Waals surface area contributed by atoms with Crippen LogP contribution in [0.3, 0.4) is 0 Å². The predicted molar refractivity (Wildman–Crippen MR) is 87.9 cm³/mol. The van der Waals surface area contributed by atoms with Gasteiger partial charge in [-0.2, -0.15) is 13.2 Å². The van der Waals surface area contributed by atoms with Crippen LogP contribution in [0.25, 0.3) is 0 Å². The number of ether oxygens (including phenoxy) is 2. The predicted octanol–water partition coefficient (Wildman–Crippen LogP) is 3.90. The molecule has 0 unspecified atom stereocenters. The van der Waals surface area contributed by atoms with E-state index in [0.717, 1.165) is 12.1 Å². The highest BCUT2D eigenvalue weighted by Crippen LogP contribution is 2.34. The average molecular weight is 367 g/mol. The minimum absolute atomic E-state index is 0.182. The normalized spacial score (nSPS) is 12.2. The van der Waals surface area contributed by atoms with E-state index < -0.39 is 35.4 Å². The Morgan fingerprint density at radius 2 is 1.65 bits per heavy atom. The smallest absolute Gasteiger partial charge is 0.418 e. The summed E-state index contributed by atoms with van der Waals surface area (Å²) in [6.07, 6.45) is -5.90. The summed E-state index contributed by atoms with van der Waals surface area (Å²) in [5, 5.41) is 2.14. The van der Waals surface area contributed by atoms with Crippen molar-refractivity contribution in [3.63, 3.8) is 0 Å². The lowest BCUT2D eigenvalue weighted by Gasteiger charge is -2.17. The van der Waals surface area contributed by atoms with E-state index in [1.165, 1.54) is 38.3 Å². The van der Waals surface area contributed by atoms with Crippen molar-refractivity contribution in [1.82, 2.24) is 0 Å². The summed E-state index contributed by atoms with van der Waals surface area (Å²) in [4.78, 5) is 24.1. The van der Waals surface area contributed by atoms with Gasteiger partial charge in [0.05, 0.1) is 23.9 Å². The minimum atomic E-state index is -4.62. The number of hydrogen-bond donors (Lipinski definition) is 1. The molecule has 0 saturated heterocycles. The van der Waals surface area contributed by atoms with Crippen molar-refractivity contribution in [1.29, 1.82) is 0 Å². The summed E-state index contributed by atoms with van der Waals surface area (Å²) in [5.74, 6) is -1.11. The lowest BCUT2D eigenvalue weighted by molar-refractivity contribution is -0.137. The van der Waals surface area contributed by atoms with Crippen molar-refractivity contribution in [3.05, 3.63) is 59.7 Å². The Labute approximate surface area is 147 Å². The third kappa shape index (κ3) is 4.75. The molecule has 0 radical (unpaired) electrons. The van der Waals surface area contributed by atoms with Gasteiger partial charge in [-0.3, -0.25) is 4.79 Å². The highest BCUT2D eigenvalue weighted by molar-refractivity contribution is 5.97. The van der Waals surface area contributed by atoms with Crippen LogP contribution in [0.1, 0.15) is 22.8 Å². The molecule has 0 saturated carbocycles. The van der Waals surface area contributed by atoms with Gasteiger partial charge in [0.25, 0.3) is 5.91 Å². The number of alkyl halides is 3. The number of benzene rings is 2. The molecule has 0 aliphatic rings. The topological polar surface area (TPSA) is 64.6 Å². The van der Waals surface area contributed by atoms with Crippen LogP contribution in [0.2, 0.25) is 0 Å². The Morgan fingerprint density at radius 1 is 1.04 bits per heavy atom. The second-order valence-corrected chi connectivity index (χ2v) is 5.31. The number of halogens is 3. The zero-order valence-electron chi connectivity index (χ0n) is 14.0. The Kier molecular flexibility index (Phi) is 5.86. The van der Waals surface area contributed by atoms with Gasteiger partial charge in [0.1, 0.15) is 5.75 Å². The lowest BCUT2D eigenvalue weighted by atomic mass is 10.1. The quantitative estimate of drug-likeness (QED) is 0.814. The second-order valence-electron chi connectivity index (χ2n) is 5.31. The summed E-state index contributed by atoms with van der Waals surface area (Å²) in [7, 11) is 1.47. The first-order chi connectivity index (χ1) is 12.2. The van der Waals surface area contributed by atoms with Crippen molar-refractivity contribution in [2.24, 2.45) is 0 Å². The molecule has 2 aromatic rings. The third-order valence-electron chi connectivity index (χ3n) is 3.47. The minimum Gasteiger partial charge on any atom is -0.497 e. The van der Waals surface area contributed by atoms with Crippen LogP contribution in [-0.4, -0.2) is 25.1 Å². The number of esters is 1. The number of methoxy groups -OCH3 is 1. The van der Waals surface area contributed by atoms with Crippen LogP contribution < -0.4 is 10.1 Å². The first-order valence-electron chi connectivity index (χ1n) is 7.54. The van der Waals surface area contributed by atoms with E-state index in [9.17, 15) is 22.8 Å². The van der Waals surface area contributed by atoms with E-state index in [4.69, 9.17) is 9.47 Å². The van der Waals surface area contributed by atoms with Gasteiger partial charge >= 0.3 is 12.1 Å². The van der Waals surface area contributed by atoms with E-state index in [-0.39, 0.29) is 5.56 Å². The summed E-state index contributed by atoms with van der Waals surface area (Å²) in [6.45, 7) is 1.27. The zero-order valence-corrected chi connectivity index (χ0v) is 14.0. The van der Waals surface area contributed by atoms with Gasteiger partial charge in [-0.05, 0) is 43.3 Å². The van der Waals surface area contributed by atoms with Gasteiger partial charge in [0, 0.05) is 0 Å². The van der Waals surface area contributed by atoms with E-state index >= 15 is 0 Å². The molecule has 0 aliphatic heterocycles. The van der Waals surface area contributed by atoms with Gasteiger partial charge in [-0.15, -0.1) is 0 Å². The maximum atomic E-state index is 12.9. The maximum absolute atomic E-state index is 12.9. The van der Waals surface area contributed by atoms with Crippen molar-refractivity contribution in [3.8, 4) is 5.75 Å². The molecule has 0 aliphatic carbocycles. The first kappa shape index (κ1) is 19.3. The SMILES string of the molecule is COc1ccc(C(=O)O[C@@H](C)C(=O)Nc2ccccc2C(F)(F)F)cc1. The van der Waals surface area contributed by atoms with Gasteiger partial charge < -0.3 is 14.8 Å². The van der Waals surface area contributed by atoms with Gasteiger partial charge in [0.2, 0.25) is 0 Å². The maximum Gasteiger partial charge on any atom is 0.418 e. The third-order valence-corrected chi connectivity index (χ3v) is 3.47. The monoisotopic (exact) mass is 367 g/mol. The highest BCUT2D eigenvalue weighted by atomic mass is 19.4. The molecule has 8 heteroatoms. The summed E-state index contributed by atoms with van der Waals surface area (Å²) in [6, 6.07) is 10.5. The summed E-state index contributed by atoms with van der Waals surface area (Å²) < 4.78 is 48.8. The Bertz CT molecular complexity index is 788. The molecular weight excluding hydrogens is 351 g/mol. The Morgan fingerprint density at radius 3 is 2.23 bits per heavy atom. The molecule has 5 nitrogen and oxygen atoms in total. The van der Waals surface area contributed by atoms with Gasteiger partial charge in [-0.1, -0.05) is 12.1 Å². The average Bonchev–Trinajstić information content (AvgIpc) is 2.61. The molecule has 1 N–H and O–H groups in total. The highest BCUT2D eigenvalue weighted by Gasteiger charge is 2.34. The molecule has 0 fully saturated rings. The number of anilines is 1. The van der Waals surface area contributed by atoms with Crippen LogP contribution in [0.15, 0.2) is 48.5 Å². The summed E-state index contributed by atoms with van der Waals surface area (Å²) in [5.41, 5.74) is -1.21. The van der Waals surface area contributed by atoms with Crippen LogP contribution in [0.5, 0.6) is 5.75 Å². The van der Waals surface area contributed by atoms with Crippen molar-refractivity contribution in [2.45, 2.75) is 19.2 Å².